The highest BCUT2D eigenvalue weighted by atomic mass is 32.2. The van der Waals surface area contributed by atoms with Crippen LogP contribution < -0.4 is 5.73 Å². The summed E-state index contributed by atoms with van der Waals surface area (Å²) in [6, 6.07) is 2.51. The number of allylic oxidation sites excluding steroid dienone is 1. The molecule has 74 valence electrons. The topological polar surface area (TPSA) is 62.2 Å². The molecule has 4 rings (SSSR count). The lowest BCUT2D eigenvalue weighted by atomic mass is 10.1. The van der Waals surface area contributed by atoms with Gasteiger partial charge in [0.2, 0.25) is 0 Å². The fraction of sp³-hybridized carbons (Fsp3) is 0.455. The second kappa shape index (κ2) is 2.14. The number of thioether (sulfide) groups is 1. The minimum Gasteiger partial charge on any atom is -0.390 e. The first-order valence-electron chi connectivity index (χ1n) is 5.06. The fourth-order valence-corrected chi connectivity index (χ4v) is 3.68. The third kappa shape index (κ3) is 0.777. The lowest BCUT2D eigenvalue weighted by Gasteiger charge is -2.00. The van der Waals surface area contributed by atoms with Gasteiger partial charge in [-0.3, -0.25) is 4.99 Å². The number of nitrogens with zero attached hydrogens (tertiary/aromatic N) is 2. The minimum absolute atomic E-state index is 0.357. The Morgan fingerprint density at radius 1 is 1.60 bits per heavy atom. The van der Waals surface area contributed by atoms with Crippen LogP contribution in [-0.2, 0) is 0 Å². The van der Waals surface area contributed by atoms with Crippen LogP contribution in [0, 0.1) is 16.7 Å². The molecule has 4 heteroatoms. The van der Waals surface area contributed by atoms with Crippen molar-refractivity contribution in [3.8, 4) is 6.07 Å². The minimum atomic E-state index is 0.357. The van der Waals surface area contributed by atoms with Crippen molar-refractivity contribution in [2.45, 2.75) is 12.5 Å². The summed E-state index contributed by atoms with van der Waals surface area (Å²) in [6.07, 6.45) is 1.30. The van der Waals surface area contributed by atoms with Crippen LogP contribution in [0.2, 0.25) is 0 Å². The molecule has 3 aliphatic carbocycles. The van der Waals surface area contributed by atoms with Gasteiger partial charge in [0.05, 0.1) is 11.8 Å². The van der Waals surface area contributed by atoms with E-state index in [1.807, 2.05) is 6.07 Å². The van der Waals surface area contributed by atoms with Crippen LogP contribution in [-0.4, -0.2) is 23.3 Å². The van der Waals surface area contributed by atoms with Crippen molar-refractivity contribution in [3.05, 3.63) is 22.4 Å². The van der Waals surface area contributed by atoms with Gasteiger partial charge in [0.1, 0.15) is 11.8 Å². The molecule has 1 aliphatic heterocycles. The molecule has 1 heterocycles. The van der Waals surface area contributed by atoms with Gasteiger partial charge in [0, 0.05) is 22.5 Å². The Morgan fingerprint density at radius 2 is 2.40 bits per heavy atom. The van der Waals surface area contributed by atoms with E-state index in [1.54, 1.807) is 22.9 Å². The zero-order chi connectivity index (χ0) is 10.2. The average Bonchev–Trinajstić information content (AvgIpc) is 3.12. The molecule has 0 aromatic carbocycles. The third-order valence-electron chi connectivity index (χ3n) is 3.83. The highest BCUT2D eigenvalue weighted by Crippen LogP contribution is 2.92. The number of aliphatic imine (C=N–C) groups is 1. The Kier molecular flexibility index (Phi) is 1.14. The second-order valence-electron chi connectivity index (χ2n) is 4.52. The molecule has 0 bridgehead atoms. The van der Waals surface area contributed by atoms with Crippen LogP contribution >= 0.6 is 11.8 Å². The molecule has 0 aromatic rings. The van der Waals surface area contributed by atoms with Crippen LogP contribution in [0.4, 0.5) is 0 Å². The van der Waals surface area contributed by atoms with Gasteiger partial charge >= 0.3 is 0 Å². The summed E-state index contributed by atoms with van der Waals surface area (Å²) in [5, 5.41) is 8.78. The van der Waals surface area contributed by atoms with Crippen molar-refractivity contribution in [2.24, 2.45) is 16.1 Å². The van der Waals surface area contributed by atoms with Gasteiger partial charge < -0.3 is 5.73 Å². The Balaban J connectivity index is 1.66. The number of nitriles is 1. The molecule has 4 aliphatic rings. The van der Waals surface area contributed by atoms with Crippen molar-refractivity contribution in [3.63, 3.8) is 0 Å². The summed E-state index contributed by atoms with van der Waals surface area (Å²) in [5.41, 5.74) is 11.9. The lowest BCUT2D eigenvalue weighted by molar-refractivity contribution is 0.871. The van der Waals surface area contributed by atoms with E-state index >= 15 is 0 Å². The van der Waals surface area contributed by atoms with E-state index in [-0.39, 0.29) is 0 Å². The van der Waals surface area contributed by atoms with Crippen LogP contribution in [0.3, 0.4) is 0 Å². The van der Waals surface area contributed by atoms with E-state index in [0.29, 0.717) is 17.2 Å². The van der Waals surface area contributed by atoms with E-state index < -0.39 is 0 Å². The standard InChI is InChI=1S/C11H9N3S/c12-2-7(13)5-3-15-4-8(5)14-10-9-6-1-11(6,9)10/h10H,1,3-4,13H2. The molecular formula is C11H9N3S. The fourth-order valence-electron chi connectivity index (χ4n) is 2.61. The molecule has 2 unspecified atom stereocenters. The van der Waals surface area contributed by atoms with Crippen molar-refractivity contribution >= 4 is 17.5 Å². The molecule has 3 fully saturated rings. The summed E-state index contributed by atoms with van der Waals surface area (Å²) in [4.78, 5) is 4.73. The average molecular weight is 215 g/mol. The van der Waals surface area contributed by atoms with Crippen LogP contribution in [0.1, 0.15) is 6.42 Å². The molecule has 0 amide bonds. The lowest BCUT2D eigenvalue weighted by Crippen LogP contribution is -2.09. The summed E-state index contributed by atoms with van der Waals surface area (Å²) in [6.45, 7) is 0. The number of hydrogen-bond acceptors (Lipinski definition) is 4. The number of rotatable bonds is 1. The zero-order valence-electron chi connectivity index (χ0n) is 8.08. The van der Waals surface area contributed by atoms with Gasteiger partial charge in [-0.25, -0.2) is 0 Å². The number of nitrogens with two attached hydrogens (primary N) is 1. The SMILES string of the molecule is N#CC(N)=C1CSCC1=NC1C2=C3CC321. The van der Waals surface area contributed by atoms with Crippen molar-refractivity contribution in [2.75, 3.05) is 11.5 Å². The van der Waals surface area contributed by atoms with Gasteiger partial charge in [-0.15, -0.1) is 0 Å². The summed E-state index contributed by atoms with van der Waals surface area (Å²) in [5.74, 6) is 1.77. The maximum Gasteiger partial charge on any atom is 0.117 e. The van der Waals surface area contributed by atoms with E-state index in [1.165, 1.54) is 6.42 Å². The molecule has 1 saturated heterocycles. The second-order valence-corrected chi connectivity index (χ2v) is 5.50. The largest absolute Gasteiger partial charge is 0.390 e. The Bertz CT molecular complexity index is 535. The summed E-state index contributed by atoms with van der Waals surface area (Å²) in [7, 11) is 0. The molecule has 3 nitrogen and oxygen atoms in total. The van der Waals surface area contributed by atoms with Gasteiger partial charge in [0.25, 0.3) is 0 Å². The first kappa shape index (κ1) is 8.00. The van der Waals surface area contributed by atoms with Gasteiger partial charge in [-0.2, -0.15) is 17.0 Å². The summed E-state index contributed by atoms with van der Waals surface area (Å²) < 4.78 is 0. The van der Waals surface area contributed by atoms with E-state index in [2.05, 4.69) is 0 Å². The molecule has 2 saturated carbocycles. The van der Waals surface area contributed by atoms with E-state index in [0.717, 1.165) is 22.8 Å². The van der Waals surface area contributed by atoms with Gasteiger partial charge in [-0.05, 0) is 12.0 Å². The first-order valence-corrected chi connectivity index (χ1v) is 6.22. The number of hydrogen-bond donors (Lipinski definition) is 1. The molecule has 15 heavy (non-hydrogen) atoms. The monoisotopic (exact) mass is 215 g/mol. The highest BCUT2D eigenvalue weighted by Gasteiger charge is 2.88. The predicted molar refractivity (Wildman–Crippen MR) is 59.5 cm³/mol. The Labute approximate surface area is 91.7 Å². The third-order valence-corrected chi connectivity index (χ3v) is 4.80. The summed E-state index contributed by atoms with van der Waals surface area (Å²) >= 11 is 1.80. The van der Waals surface area contributed by atoms with Crippen molar-refractivity contribution < 1.29 is 0 Å². The van der Waals surface area contributed by atoms with Gasteiger partial charge in [0.15, 0.2) is 0 Å². The molecule has 2 N–H and O–H groups in total. The van der Waals surface area contributed by atoms with Crippen molar-refractivity contribution in [1.29, 1.82) is 5.26 Å². The molecular weight excluding hydrogens is 206 g/mol. The smallest absolute Gasteiger partial charge is 0.117 e. The first-order chi connectivity index (χ1) is 7.29. The Hall–Kier alpha value is -1.21. The Morgan fingerprint density at radius 3 is 3.00 bits per heavy atom. The molecule has 1 spiro atoms. The normalized spacial score (nSPS) is 44.7. The van der Waals surface area contributed by atoms with Crippen molar-refractivity contribution in [1.82, 2.24) is 0 Å². The molecule has 0 radical (unpaired) electrons. The van der Waals surface area contributed by atoms with Crippen LogP contribution in [0.15, 0.2) is 27.4 Å². The van der Waals surface area contributed by atoms with Crippen LogP contribution in [0.25, 0.3) is 0 Å². The maximum atomic E-state index is 8.78. The molecule has 0 aromatic heterocycles. The molecule has 2 atom stereocenters. The highest BCUT2D eigenvalue weighted by molar-refractivity contribution is 8.00. The van der Waals surface area contributed by atoms with Crippen LogP contribution in [0.5, 0.6) is 0 Å². The van der Waals surface area contributed by atoms with Gasteiger partial charge in [-0.1, -0.05) is 5.57 Å². The quantitative estimate of drug-likeness (QED) is 0.524. The maximum absolute atomic E-state index is 8.78. The van der Waals surface area contributed by atoms with E-state index in [4.69, 9.17) is 16.0 Å². The zero-order valence-corrected chi connectivity index (χ0v) is 8.90. The predicted octanol–water partition coefficient (Wildman–Crippen LogP) is 0.993. The van der Waals surface area contributed by atoms with E-state index in [9.17, 15) is 0 Å².